The fourth-order valence-electron chi connectivity index (χ4n) is 3.01. The number of hydrogen-bond acceptors (Lipinski definition) is 4. The fourth-order valence-corrected chi connectivity index (χ4v) is 3.56. The largest absolute Gasteiger partial charge is 0.489 e. The molecule has 1 fully saturated rings. The van der Waals surface area contributed by atoms with Crippen LogP contribution in [0.3, 0.4) is 0 Å². The second-order valence-electron chi connectivity index (χ2n) is 6.57. The Morgan fingerprint density at radius 3 is 2.74 bits per heavy atom. The number of nitrogens with zero attached hydrogens (tertiary/aromatic N) is 1. The number of rotatable bonds is 6. The molecule has 2 atom stereocenters. The summed E-state index contributed by atoms with van der Waals surface area (Å²) in [5.41, 5.74) is 2.23. The number of hydrogen-bond donors (Lipinski definition) is 1. The van der Waals surface area contributed by atoms with E-state index in [4.69, 9.17) is 21.1 Å². The predicted molar refractivity (Wildman–Crippen MR) is 114 cm³/mol. The molecule has 0 bridgehead atoms. The molecule has 2 aromatic rings. The molecule has 1 aliphatic rings. The molecule has 2 aromatic carbocycles. The van der Waals surface area contributed by atoms with Gasteiger partial charge in [-0.2, -0.15) is 0 Å². The molecule has 1 saturated heterocycles. The molecule has 7 heteroatoms. The van der Waals surface area contributed by atoms with Crippen molar-refractivity contribution in [3.8, 4) is 5.75 Å². The van der Waals surface area contributed by atoms with E-state index >= 15 is 0 Å². The van der Waals surface area contributed by atoms with Crippen LogP contribution in [0.1, 0.15) is 17.2 Å². The van der Waals surface area contributed by atoms with Crippen LogP contribution in [0.5, 0.6) is 5.75 Å². The zero-order valence-electron chi connectivity index (χ0n) is 15.1. The maximum atomic E-state index is 10.3. The number of aliphatic hydroxyl groups is 1. The monoisotopic (exact) mass is 475 g/mol. The Labute approximate surface area is 180 Å². The van der Waals surface area contributed by atoms with Crippen LogP contribution in [0.2, 0.25) is 5.02 Å². The average Bonchev–Trinajstić information content (AvgIpc) is 2.62. The smallest absolute Gasteiger partial charge is 0.138 e. The highest BCUT2D eigenvalue weighted by Gasteiger charge is 2.23. The van der Waals surface area contributed by atoms with E-state index in [9.17, 15) is 5.11 Å². The van der Waals surface area contributed by atoms with Crippen molar-refractivity contribution in [1.29, 1.82) is 0 Å². The van der Waals surface area contributed by atoms with Gasteiger partial charge in [0, 0.05) is 24.1 Å². The summed E-state index contributed by atoms with van der Waals surface area (Å²) < 4.78 is 12.6. The van der Waals surface area contributed by atoms with Crippen molar-refractivity contribution in [2.24, 2.45) is 0 Å². The second-order valence-corrected chi connectivity index (χ2v) is 7.89. The van der Waals surface area contributed by atoms with Crippen LogP contribution in [0.15, 0.2) is 46.9 Å². The molecule has 0 amide bonds. The molecule has 0 aromatic heterocycles. The number of halogens is 3. The minimum Gasteiger partial charge on any atom is -0.489 e. The summed E-state index contributed by atoms with van der Waals surface area (Å²) in [6.45, 7) is 4.94. The summed E-state index contributed by atoms with van der Waals surface area (Å²) in [4.78, 5) is 2.21. The molecule has 0 aliphatic carbocycles. The number of aliphatic hydroxyl groups excluding tert-OH is 1. The van der Waals surface area contributed by atoms with Gasteiger partial charge in [-0.05, 0) is 42.3 Å². The highest BCUT2D eigenvalue weighted by molar-refractivity contribution is 9.10. The Morgan fingerprint density at radius 1 is 1.30 bits per heavy atom. The molecule has 2 unspecified atom stereocenters. The first-order chi connectivity index (χ1) is 12.5. The zero-order valence-corrected chi connectivity index (χ0v) is 18.3. The number of β-amino-alcohol motifs (C(OH)–C–C–N with tert-alkyl or cyclic N) is 1. The summed E-state index contributed by atoms with van der Waals surface area (Å²) in [6.07, 6.45) is -0.562. The predicted octanol–water partition coefficient (Wildman–Crippen LogP) is 4.65. The van der Waals surface area contributed by atoms with Crippen molar-refractivity contribution >= 4 is 39.9 Å². The molecule has 0 radical (unpaired) electrons. The Kier molecular flexibility index (Phi) is 8.86. The average molecular weight is 477 g/mol. The minimum atomic E-state index is -0.587. The van der Waals surface area contributed by atoms with Gasteiger partial charge in [-0.3, -0.25) is 4.90 Å². The van der Waals surface area contributed by atoms with E-state index < -0.39 is 6.10 Å². The van der Waals surface area contributed by atoms with E-state index in [1.807, 2.05) is 37.3 Å². The Bertz CT molecular complexity index is 730. The van der Waals surface area contributed by atoms with Crippen LogP contribution in [-0.4, -0.2) is 49.0 Å². The van der Waals surface area contributed by atoms with Crippen LogP contribution in [0.4, 0.5) is 0 Å². The number of benzene rings is 2. The molecule has 148 valence electrons. The summed E-state index contributed by atoms with van der Waals surface area (Å²) in [5.74, 6) is 0.603. The molecule has 1 heterocycles. The third-order valence-electron chi connectivity index (χ3n) is 4.38. The number of aryl methyl sites for hydroxylation is 1. The molecule has 1 aliphatic heterocycles. The first-order valence-corrected chi connectivity index (χ1v) is 9.85. The van der Waals surface area contributed by atoms with Gasteiger partial charge in [0.2, 0.25) is 0 Å². The summed E-state index contributed by atoms with van der Waals surface area (Å²) in [7, 11) is 0. The molecule has 27 heavy (non-hydrogen) atoms. The van der Waals surface area contributed by atoms with Crippen LogP contribution in [-0.2, 0) is 4.74 Å². The third-order valence-corrected chi connectivity index (χ3v) is 5.20. The van der Waals surface area contributed by atoms with E-state index in [0.717, 1.165) is 28.7 Å². The van der Waals surface area contributed by atoms with Crippen molar-refractivity contribution in [3.63, 3.8) is 0 Å². The fraction of sp³-hybridized carbons (Fsp3) is 0.400. The number of ether oxygens (including phenoxy) is 2. The Morgan fingerprint density at radius 2 is 2.04 bits per heavy atom. The van der Waals surface area contributed by atoms with Crippen molar-refractivity contribution in [2.75, 3.05) is 32.8 Å². The standard InChI is InChI=1S/C20H23BrClNO3.ClH/c1-14-2-7-19(18(22)10-14)26-13-17(24)11-23-8-9-25-20(12-23)15-3-5-16(21)6-4-15;/h2-7,10,17,20,24H,8-9,11-13H2,1H3;1H. The van der Waals surface area contributed by atoms with Gasteiger partial charge in [0.05, 0.1) is 17.7 Å². The third kappa shape index (κ3) is 6.63. The summed E-state index contributed by atoms with van der Waals surface area (Å²) in [6, 6.07) is 13.8. The highest BCUT2D eigenvalue weighted by Crippen LogP contribution is 2.26. The van der Waals surface area contributed by atoms with Gasteiger partial charge in [-0.25, -0.2) is 0 Å². The van der Waals surface area contributed by atoms with Crippen LogP contribution >= 0.6 is 39.9 Å². The van der Waals surface area contributed by atoms with Crippen LogP contribution < -0.4 is 4.74 Å². The van der Waals surface area contributed by atoms with Gasteiger partial charge >= 0.3 is 0 Å². The van der Waals surface area contributed by atoms with Crippen molar-refractivity contribution in [1.82, 2.24) is 4.90 Å². The second kappa shape index (κ2) is 10.6. The van der Waals surface area contributed by atoms with Gasteiger partial charge in [-0.15, -0.1) is 12.4 Å². The molecular formula is C20H24BrCl2NO3. The molecule has 0 spiro atoms. The van der Waals surface area contributed by atoms with Crippen molar-refractivity contribution in [2.45, 2.75) is 19.1 Å². The first kappa shape index (κ1) is 22.5. The van der Waals surface area contributed by atoms with E-state index in [1.54, 1.807) is 0 Å². The zero-order chi connectivity index (χ0) is 18.5. The highest BCUT2D eigenvalue weighted by atomic mass is 79.9. The Hall–Kier alpha value is -0.820. The summed E-state index contributed by atoms with van der Waals surface area (Å²) >= 11 is 9.62. The molecule has 4 nitrogen and oxygen atoms in total. The lowest BCUT2D eigenvalue weighted by Gasteiger charge is -2.34. The van der Waals surface area contributed by atoms with Gasteiger partial charge in [0.1, 0.15) is 18.5 Å². The van der Waals surface area contributed by atoms with E-state index in [1.165, 1.54) is 0 Å². The lowest BCUT2D eigenvalue weighted by molar-refractivity contribution is -0.0459. The van der Waals surface area contributed by atoms with Crippen LogP contribution in [0.25, 0.3) is 0 Å². The van der Waals surface area contributed by atoms with Gasteiger partial charge in [0.15, 0.2) is 0 Å². The quantitative estimate of drug-likeness (QED) is 0.659. The summed E-state index contributed by atoms with van der Waals surface area (Å²) in [5, 5.41) is 10.9. The normalized spacial score (nSPS) is 18.6. The van der Waals surface area contributed by atoms with E-state index in [0.29, 0.717) is 23.9 Å². The first-order valence-electron chi connectivity index (χ1n) is 8.67. The SMILES string of the molecule is Cc1ccc(OCC(O)CN2CCOC(c3ccc(Br)cc3)C2)c(Cl)c1.Cl. The van der Waals surface area contributed by atoms with Crippen LogP contribution in [0, 0.1) is 6.92 Å². The molecular weight excluding hydrogens is 453 g/mol. The minimum absolute atomic E-state index is 0. The lowest BCUT2D eigenvalue weighted by Crippen LogP contribution is -2.43. The Balaban J connectivity index is 0.00000261. The topological polar surface area (TPSA) is 41.9 Å². The molecule has 3 rings (SSSR count). The van der Waals surface area contributed by atoms with Gasteiger partial charge in [0.25, 0.3) is 0 Å². The van der Waals surface area contributed by atoms with Gasteiger partial charge < -0.3 is 14.6 Å². The maximum Gasteiger partial charge on any atom is 0.138 e. The van der Waals surface area contributed by atoms with E-state index in [2.05, 4.69) is 33.0 Å². The maximum absolute atomic E-state index is 10.3. The van der Waals surface area contributed by atoms with E-state index in [-0.39, 0.29) is 25.1 Å². The molecule has 0 saturated carbocycles. The lowest BCUT2D eigenvalue weighted by atomic mass is 10.1. The number of morpholine rings is 1. The van der Waals surface area contributed by atoms with Crippen molar-refractivity contribution < 1.29 is 14.6 Å². The molecule has 1 N–H and O–H groups in total. The van der Waals surface area contributed by atoms with Gasteiger partial charge in [-0.1, -0.05) is 45.7 Å². The van der Waals surface area contributed by atoms with Crippen molar-refractivity contribution in [3.05, 3.63) is 63.1 Å².